The second-order valence-corrected chi connectivity index (χ2v) is 8.70. The van der Waals surface area contributed by atoms with E-state index in [-0.39, 0.29) is 0 Å². The van der Waals surface area contributed by atoms with Crippen LogP contribution in [0.1, 0.15) is 24.5 Å². The van der Waals surface area contributed by atoms with Gasteiger partial charge in [0, 0.05) is 21.8 Å². The molecule has 3 heterocycles. The molecule has 0 amide bonds. The molecule has 0 radical (unpaired) electrons. The molecule has 8 heteroatoms. The van der Waals surface area contributed by atoms with E-state index in [1.807, 2.05) is 68.4 Å². The summed E-state index contributed by atoms with van der Waals surface area (Å²) in [5.41, 5.74) is 4.37. The number of hydrogen-bond acceptors (Lipinski definition) is 7. The van der Waals surface area contributed by atoms with Gasteiger partial charge in [-0.15, -0.1) is 10.2 Å². The number of nitrogens with zero attached hydrogens (tertiary/aromatic N) is 3. The Bertz CT molecular complexity index is 1260. The van der Waals surface area contributed by atoms with Gasteiger partial charge in [-0.3, -0.25) is 0 Å². The number of halogens is 1. The van der Waals surface area contributed by atoms with Crippen LogP contribution in [0, 0.1) is 6.92 Å². The Morgan fingerprint density at radius 2 is 1.94 bits per heavy atom. The van der Waals surface area contributed by atoms with Crippen molar-refractivity contribution in [1.29, 1.82) is 0 Å². The number of nitrogens with one attached hydrogen (secondary N) is 1. The molecule has 2 aromatic carbocycles. The molecule has 4 aromatic rings. The molecule has 6 nitrogen and oxygen atoms in total. The first-order valence-electron chi connectivity index (χ1n) is 9.88. The van der Waals surface area contributed by atoms with E-state index < -0.39 is 6.23 Å². The average molecular weight is 451 g/mol. The smallest absolute Gasteiger partial charge is 0.247 e. The molecular formula is C23H19ClN4O2S. The number of para-hydroxylation sites is 1. The monoisotopic (exact) mass is 450 g/mol. The third-order valence-electron chi connectivity index (χ3n) is 4.96. The van der Waals surface area contributed by atoms with Gasteiger partial charge in [0.2, 0.25) is 17.3 Å². The summed E-state index contributed by atoms with van der Waals surface area (Å²) >= 11 is 7.71. The number of hydrogen-bond donors (Lipinski definition) is 1. The second kappa shape index (κ2) is 8.24. The number of aryl methyl sites for hydroxylation is 1. The fourth-order valence-electron chi connectivity index (χ4n) is 3.46. The molecule has 156 valence electrons. The summed E-state index contributed by atoms with van der Waals surface area (Å²) in [6.07, 6.45) is -0.577. The molecule has 0 unspecified atom stereocenters. The lowest BCUT2D eigenvalue weighted by Gasteiger charge is -2.16. The lowest BCUT2D eigenvalue weighted by Crippen LogP contribution is -2.16. The molecule has 1 aliphatic heterocycles. The molecule has 0 saturated carbocycles. The van der Waals surface area contributed by atoms with E-state index in [4.69, 9.17) is 20.8 Å². The van der Waals surface area contributed by atoms with Crippen LogP contribution in [0.15, 0.2) is 64.2 Å². The van der Waals surface area contributed by atoms with Gasteiger partial charge in [-0.25, -0.2) is 0 Å². The van der Waals surface area contributed by atoms with Crippen molar-refractivity contribution in [2.45, 2.75) is 25.2 Å². The number of benzene rings is 2. The highest BCUT2D eigenvalue weighted by Crippen LogP contribution is 2.40. The van der Waals surface area contributed by atoms with Crippen molar-refractivity contribution in [3.05, 3.63) is 70.9 Å². The number of anilines is 1. The Hall–Kier alpha value is -3.03. The van der Waals surface area contributed by atoms with Crippen molar-refractivity contribution in [3.8, 4) is 28.5 Å². The predicted molar refractivity (Wildman–Crippen MR) is 123 cm³/mol. The molecule has 1 aliphatic rings. The molecule has 1 atom stereocenters. The Labute approximate surface area is 189 Å². The molecular weight excluding hydrogens is 432 g/mol. The number of thioether (sulfide) groups is 1. The summed E-state index contributed by atoms with van der Waals surface area (Å²) in [6, 6.07) is 17.4. The molecule has 2 aromatic heterocycles. The summed E-state index contributed by atoms with van der Waals surface area (Å²) in [5, 5.41) is 13.3. The van der Waals surface area contributed by atoms with Gasteiger partial charge >= 0.3 is 0 Å². The second-order valence-electron chi connectivity index (χ2n) is 7.03. The van der Waals surface area contributed by atoms with Gasteiger partial charge in [-0.2, -0.15) is 4.98 Å². The molecule has 5 rings (SSSR count). The number of fused-ring (bicyclic) bond motifs is 3. The van der Waals surface area contributed by atoms with Crippen LogP contribution in [0.4, 0.5) is 5.69 Å². The van der Waals surface area contributed by atoms with Crippen LogP contribution in [0.3, 0.4) is 0 Å². The average Bonchev–Trinajstić information content (AvgIpc) is 3.20. The van der Waals surface area contributed by atoms with Crippen LogP contribution >= 0.6 is 23.4 Å². The van der Waals surface area contributed by atoms with Gasteiger partial charge in [0.25, 0.3) is 0 Å². The van der Waals surface area contributed by atoms with Crippen molar-refractivity contribution < 1.29 is 9.15 Å². The molecule has 1 N–H and O–H groups in total. The van der Waals surface area contributed by atoms with Crippen molar-refractivity contribution in [3.63, 3.8) is 0 Å². The lowest BCUT2D eigenvalue weighted by molar-refractivity contribution is 0.196. The van der Waals surface area contributed by atoms with Crippen molar-refractivity contribution in [1.82, 2.24) is 15.2 Å². The first-order valence-corrected chi connectivity index (χ1v) is 11.2. The van der Waals surface area contributed by atoms with E-state index in [9.17, 15) is 0 Å². The van der Waals surface area contributed by atoms with Gasteiger partial charge in [0.05, 0.1) is 0 Å². The lowest BCUT2D eigenvalue weighted by atomic mass is 10.1. The predicted octanol–water partition coefficient (Wildman–Crippen LogP) is 6.38. The molecule has 0 aliphatic carbocycles. The molecule has 0 saturated heterocycles. The van der Waals surface area contributed by atoms with Crippen LogP contribution in [-0.2, 0) is 0 Å². The topological polar surface area (TPSA) is 73.1 Å². The normalized spacial score (nSPS) is 14.7. The number of rotatable bonds is 4. The number of aromatic nitrogens is 3. The minimum Gasteiger partial charge on any atom is -0.455 e. The number of ether oxygens (including phenoxy) is 1. The van der Waals surface area contributed by atoms with Gasteiger partial charge in [-0.1, -0.05) is 54.6 Å². The minimum atomic E-state index is -0.577. The summed E-state index contributed by atoms with van der Waals surface area (Å²) in [7, 11) is 0. The Morgan fingerprint density at radius 1 is 1.06 bits per heavy atom. The number of furan rings is 1. The van der Waals surface area contributed by atoms with Crippen LogP contribution in [0.25, 0.3) is 22.6 Å². The van der Waals surface area contributed by atoms with E-state index in [1.54, 1.807) is 0 Å². The van der Waals surface area contributed by atoms with Gasteiger partial charge in [0.15, 0.2) is 11.5 Å². The van der Waals surface area contributed by atoms with Gasteiger partial charge in [0.1, 0.15) is 5.76 Å². The van der Waals surface area contributed by atoms with Crippen LogP contribution in [0.5, 0.6) is 5.88 Å². The largest absolute Gasteiger partial charge is 0.455 e. The Balaban J connectivity index is 1.56. The standard InChI is InChI=1S/C23H19ClN4O2S/c1-3-31-23-26-22-20(27-28-23)15-6-4-5-7-17(15)25-21(30-22)19-11-10-18(29-19)16-12-14(24)9-8-13(16)2/h4-12,21,25H,3H2,1-2H3/t21-/m1/s1. The van der Waals surface area contributed by atoms with Gasteiger partial charge < -0.3 is 14.5 Å². The Kier molecular flexibility index (Phi) is 5.29. The highest BCUT2D eigenvalue weighted by molar-refractivity contribution is 7.99. The first kappa shape index (κ1) is 19.9. The van der Waals surface area contributed by atoms with Crippen LogP contribution in [0.2, 0.25) is 5.02 Å². The molecule has 0 bridgehead atoms. The summed E-state index contributed by atoms with van der Waals surface area (Å²) in [6.45, 7) is 4.07. The van der Waals surface area contributed by atoms with Gasteiger partial charge in [-0.05, 0) is 48.6 Å². The zero-order valence-corrected chi connectivity index (χ0v) is 18.5. The quantitative estimate of drug-likeness (QED) is 0.362. The minimum absolute atomic E-state index is 0.422. The van der Waals surface area contributed by atoms with E-state index in [0.29, 0.717) is 27.5 Å². The summed E-state index contributed by atoms with van der Waals surface area (Å²) in [5.74, 6) is 2.62. The van der Waals surface area contributed by atoms with E-state index in [2.05, 4.69) is 20.5 Å². The maximum Gasteiger partial charge on any atom is 0.247 e. The summed E-state index contributed by atoms with van der Waals surface area (Å²) < 4.78 is 12.5. The third-order valence-corrected chi connectivity index (χ3v) is 5.91. The van der Waals surface area contributed by atoms with Crippen molar-refractivity contribution >= 4 is 29.1 Å². The SMILES string of the molecule is CCSc1nnc2c(n1)O[C@H](c1ccc(-c3cc(Cl)ccc3C)o1)Nc1ccccc1-2. The zero-order chi connectivity index (χ0) is 21.4. The fourth-order valence-corrected chi connectivity index (χ4v) is 4.14. The molecule has 0 spiro atoms. The van der Waals surface area contributed by atoms with Crippen LogP contribution < -0.4 is 10.1 Å². The Morgan fingerprint density at radius 3 is 2.81 bits per heavy atom. The maximum atomic E-state index is 6.26. The highest BCUT2D eigenvalue weighted by Gasteiger charge is 2.28. The van der Waals surface area contributed by atoms with E-state index >= 15 is 0 Å². The van der Waals surface area contributed by atoms with Crippen molar-refractivity contribution in [2.24, 2.45) is 0 Å². The molecule has 0 fully saturated rings. The van der Waals surface area contributed by atoms with Crippen LogP contribution in [-0.4, -0.2) is 20.9 Å². The molecule has 31 heavy (non-hydrogen) atoms. The van der Waals surface area contributed by atoms with Crippen molar-refractivity contribution in [2.75, 3.05) is 11.1 Å². The maximum absolute atomic E-state index is 6.26. The highest BCUT2D eigenvalue weighted by atomic mass is 35.5. The third kappa shape index (κ3) is 3.86. The summed E-state index contributed by atoms with van der Waals surface area (Å²) in [4.78, 5) is 4.60. The van der Waals surface area contributed by atoms with E-state index in [0.717, 1.165) is 33.9 Å². The zero-order valence-electron chi connectivity index (χ0n) is 16.9. The van der Waals surface area contributed by atoms with E-state index in [1.165, 1.54) is 11.8 Å². The first-order chi connectivity index (χ1) is 15.1. The fraction of sp³-hybridized carbons (Fsp3) is 0.174.